The molecular formula is C26H35N3O3S. The number of hydrogen-bond donors (Lipinski definition) is 0. The average molecular weight is 470 g/mol. The molecule has 0 fully saturated rings. The Balaban J connectivity index is 1.99. The van der Waals surface area contributed by atoms with Crippen molar-refractivity contribution < 1.29 is 12.9 Å². The fourth-order valence-corrected chi connectivity index (χ4v) is 5.53. The SMILES string of the molecule is Cc1ccc(-c2noc(CN(C)S(=O)(=O)c3c(C(C)C)cc(C(C)C)cc3C(C)C)n2)cc1. The molecule has 7 heteroatoms. The van der Waals surface area contributed by atoms with Crippen LogP contribution < -0.4 is 0 Å². The van der Waals surface area contributed by atoms with Gasteiger partial charge in [0, 0.05) is 12.6 Å². The quantitative estimate of drug-likeness (QED) is 0.390. The maximum Gasteiger partial charge on any atom is 0.243 e. The fraction of sp³-hybridized carbons (Fsp3) is 0.462. The topological polar surface area (TPSA) is 76.3 Å². The van der Waals surface area contributed by atoms with Gasteiger partial charge >= 0.3 is 0 Å². The van der Waals surface area contributed by atoms with E-state index >= 15 is 0 Å². The zero-order valence-corrected chi connectivity index (χ0v) is 21.7. The third-order valence-electron chi connectivity index (χ3n) is 5.88. The Morgan fingerprint density at radius 2 is 1.45 bits per heavy atom. The first-order valence-corrected chi connectivity index (χ1v) is 12.9. The highest BCUT2D eigenvalue weighted by atomic mass is 32.2. The van der Waals surface area contributed by atoms with Crippen molar-refractivity contribution in [2.24, 2.45) is 0 Å². The van der Waals surface area contributed by atoms with Crippen LogP contribution >= 0.6 is 0 Å². The summed E-state index contributed by atoms with van der Waals surface area (Å²) in [5.41, 5.74) is 4.82. The molecular weight excluding hydrogens is 434 g/mol. The van der Waals surface area contributed by atoms with E-state index in [1.165, 1.54) is 4.31 Å². The standard InChI is InChI=1S/C26H35N3O3S/c1-16(2)21-13-22(17(3)4)25(23(14-21)18(5)6)33(30,31)29(8)15-24-27-26(28-32-24)20-11-9-19(7)10-12-20/h9-14,16-18H,15H2,1-8H3. The third kappa shape index (κ3) is 5.36. The van der Waals surface area contributed by atoms with Crippen molar-refractivity contribution in [1.82, 2.24) is 14.4 Å². The molecule has 0 radical (unpaired) electrons. The summed E-state index contributed by atoms with van der Waals surface area (Å²) in [5.74, 6) is 1.15. The normalized spacial score (nSPS) is 12.5. The number of aromatic nitrogens is 2. The predicted molar refractivity (Wildman–Crippen MR) is 132 cm³/mol. The lowest BCUT2D eigenvalue weighted by Crippen LogP contribution is -2.29. The van der Waals surface area contributed by atoms with Crippen molar-refractivity contribution in [3.63, 3.8) is 0 Å². The van der Waals surface area contributed by atoms with E-state index in [1.807, 2.05) is 71.0 Å². The Bertz CT molecular complexity index is 1180. The second kappa shape index (κ2) is 9.77. The fourth-order valence-electron chi connectivity index (χ4n) is 3.76. The molecule has 0 amide bonds. The highest BCUT2D eigenvalue weighted by Gasteiger charge is 2.31. The van der Waals surface area contributed by atoms with Crippen LogP contribution in [0.4, 0.5) is 0 Å². The van der Waals surface area contributed by atoms with Gasteiger partial charge in [-0.05, 0) is 41.4 Å². The minimum Gasteiger partial charge on any atom is -0.338 e. The Morgan fingerprint density at radius 1 is 0.909 bits per heavy atom. The van der Waals surface area contributed by atoms with Crippen molar-refractivity contribution in [2.75, 3.05) is 7.05 Å². The van der Waals surface area contributed by atoms with Gasteiger partial charge in [0.1, 0.15) is 0 Å². The van der Waals surface area contributed by atoms with Gasteiger partial charge in [0.05, 0.1) is 11.4 Å². The molecule has 0 unspecified atom stereocenters. The van der Waals surface area contributed by atoms with Crippen LogP contribution in [0.3, 0.4) is 0 Å². The molecule has 3 rings (SSSR count). The third-order valence-corrected chi connectivity index (χ3v) is 7.82. The molecule has 33 heavy (non-hydrogen) atoms. The lowest BCUT2D eigenvalue weighted by Gasteiger charge is -2.25. The molecule has 2 aromatic carbocycles. The summed E-state index contributed by atoms with van der Waals surface area (Å²) in [6.07, 6.45) is 0. The number of aryl methyl sites for hydroxylation is 1. The van der Waals surface area contributed by atoms with Gasteiger partial charge < -0.3 is 4.52 Å². The van der Waals surface area contributed by atoms with E-state index in [0.29, 0.717) is 16.6 Å². The van der Waals surface area contributed by atoms with Crippen molar-refractivity contribution in [3.05, 3.63) is 64.5 Å². The highest BCUT2D eigenvalue weighted by molar-refractivity contribution is 7.89. The Hall–Kier alpha value is -2.51. The smallest absolute Gasteiger partial charge is 0.243 e. The molecule has 0 atom stereocenters. The number of rotatable bonds is 8. The molecule has 0 aliphatic carbocycles. The van der Waals surface area contributed by atoms with Crippen LogP contribution in [0.2, 0.25) is 0 Å². The summed E-state index contributed by atoms with van der Waals surface area (Å²) in [6.45, 7) is 14.4. The van der Waals surface area contributed by atoms with Gasteiger partial charge in [-0.2, -0.15) is 9.29 Å². The first kappa shape index (κ1) is 25.1. The first-order valence-electron chi connectivity index (χ1n) is 11.5. The van der Waals surface area contributed by atoms with E-state index in [1.54, 1.807) is 7.05 Å². The molecule has 3 aromatic rings. The predicted octanol–water partition coefficient (Wildman–Crippen LogP) is 6.24. The van der Waals surface area contributed by atoms with Crippen LogP contribution in [0.5, 0.6) is 0 Å². The van der Waals surface area contributed by atoms with Crippen LogP contribution in [0.15, 0.2) is 45.8 Å². The zero-order valence-electron chi connectivity index (χ0n) is 20.9. The van der Waals surface area contributed by atoms with Crippen LogP contribution in [0.25, 0.3) is 11.4 Å². The van der Waals surface area contributed by atoms with Crippen molar-refractivity contribution in [2.45, 2.75) is 77.7 Å². The van der Waals surface area contributed by atoms with Gasteiger partial charge in [0.2, 0.25) is 21.7 Å². The molecule has 0 N–H and O–H groups in total. The zero-order chi connectivity index (χ0) is 24.5. The molecule has 0 aliphatic heterocycles. The van der Waals surface area contributed by atoms with Gasteiger partial charge in [-0.3, -0.25) is 0 Å². The molecule has 0 saturated carbocycles. The van der Waals surface area contributed by atoms with Crippen LogP contribution in [-0.2, 0) is 16.6 Å². The Morgan fingerprint density at radius 3 is 1.94 bits per heavy atom. The maximum absolute atomic E-state index is 13.8. The van der Waals surface area contributed by atoms with Gasteiger partial charge in [-0.1, -0.05) is 88.7 Å². The minimum absolute atomic E-state index is 0.00218. The maximum atomic E-state index is 13.8. The second-order valence-corrected chi connectivity index (χ2v) is 11.6. The molecule has 1 heterocycles. The van der Waals surface area contributed by atoms with Gasteiger partial charge in [-0.15, -0.1) is 0 Å². The van der Waals surface area contributed by atoms with Gasteiger partial charge in [-0.25, -0.2) is 8.42 Å². The number of sulfonamides is 1. The summed E-state index contributed by atoms with van der Waals surface area (Å²) in [5, 5.41) is 4.04. The molecule has 0 bridgehead atoms. The van der Waals surface area contributed by atoms with Gasteiger partial charge in [0.15, 0.2) is 0 Å². The Labute approximate surface area is 198 Å². The highest BCUT2D eigenvalue weighted by Crippen LogP contribution is 2.36. The molecule has 0 aliphatic rings. The van der Waals surface area contributed by atoms with Crippen LogP contribution in [0.1, 0.15) is 87.4 Å². The summed E-state index contributed by atoms with van der Waals surface area (Å²) < 4.78 is 34.3. The van der Waals surface area contributed by atoms with E-state index in [9.17, 15) is 8.42 Å². The molecule has 1 aromatic heterocycles. The first-order chi connectivity index (χ1) is 15.4. The van der Waals surface area contributed by atoms with E-state index < -0.39 is 10.0 Å². The van der Waals surface area contributed by atoms with E-state index in [2.05, 4.69) is 24.0 Å². The average Bonchev–Trinajstić information content (AvgIpc) is 3.21. The second-order valence-electron chi connectivity index (χ2n) is 9.63. The van der Waals surface area contributed by atoms with Crippen LogP contribution in [0, 0.1) is 6.92 Å². The monoisotopic (exact) mass is 469 g/mol. The van der Waals surface area contributed by atoms with Crippen LogP contribution in [-0.4, -0.2) is 29.9 Å². The molecule has 0 saturated heterocycles. The van der Waals surface area contributed by atoms with Crippen molar-refractivity contribution in [1.29, 1.82) is 0 Å². The van der Waals surface area contributed by atoms with Gasteiger partial charge in [0.25, 0.3) is 0 Å². The Kier molecular flexibility index (Phi) is 7.44. The van der Waals surface area contributed by atoms with E-state index in [0.717, 1.165) is 27.8 Å². The number of nitrogens with zero attached hydrogens (tertiary/aromatic N) is 3. The molecule has 178 valence electrons. The lowest BCUT2D eigenvalue weighted by molar-refractivity contribution is 0.336. The number of benzene rings is 2. The summed E-state index contributed by atoms with van der Waals surface area (Å²) >= 11 is 0. The van der Waals surface area contributed by atoms with Crippen molar-refractivity contribution in [3.8, 4) is 11.4 Å². The summed E-state index contributed by atoms with van der Waals surface area (Å²) in [6, 6.07) is 11.9. The van der Waals surface area contributed by atoms with E-state index in [-0.39, 0.29) is 24.3 Å². The molecule has 0 spiro atoms. The van der Waals surface area contributed by atoms with E-state index in [4.69, 9.17) is 4.52 Å². The summed E-state index contributed by atoms with van der Waals surface area (Å²) in [4.78, 5) is 4.83. The summed E-state index contributed by atoms with van der Waals surface area (Å²) in [7, 11) is -2.22. The largest absolute Gasteiger partial charge is 0.338 e. The number of hydrogen-bond acceptors (Lipinski definition) is 5. The van der Waals surface area contributed by atoms with Crippen molar-refractivity contribution >= 4 is 10.0 Å². The minimum atomic E-state index is -3.79. The lowest BCUT2D eigenvalue weighted by atomic mass is 9.89. The molecule has 6 nitrogen and oxygen atoms in total.